The summed E-state index contributed by atoms with van der Waals surface area (Å²) >= 11 is 0. The quantitative estimate of drug-likeness (QED) is 0.529. The summed E-state index contributed by atoms with van der Waals surface area (Å²) in [7, 11) is 0. The van der Waals surface area contributed by atoms with Crippen LogP contribution in [0, 0.1) is 0 Å². The average Bonchev–Trinajstić information content (AvgIpc) is 2.55. The zero-order chi connectivity index (χ0) is 9.90. The lowest BCUT2D eigenvalue weighted by molar-refractivity contribution is 0.0140. The van der Waals surface area contributed by atoms with Crippen LogP contribution in [0.25, 0.3) is 0 Å². The van der Waals surface area contributed by atoms with Gasteiger partial charge in [0.1, 0.15) is 5.60 Å². The highest BCUT2D eigenvalue weighted by molar-refractivity contribution is 5.86. The molecule has 0 radical (unpaired) electrons. The van der Waals surface area contributed by atoms with E-state index in [0.717, 1.165) is 0 Å². The van der Waals surface area contributed by atoms with Crippen molar-refractivity contribution in [3.8, 4) is 0 Å². The van der Waals surface area contributed by atoms with Crippen LogP contribution in [0.15, 0.2) is 35.5 Å². The Morgan fingerprint density at radius 3 is 2.85 bits per heavy atom. The van der Waals surface area contributed by atoms with Gasteiger partial charge < -0.3 is 9.15 Å². The van der Waals surface area contributed by atoms with Gasteiger partial charge in [0.05, 0.1) is 6.26 Å². The number of rotatable bonds is 3. The normalized spacial score (nSPS) is 10.9. The Hall–Kier alpha value is -1.51. The van der Waals surface area contributed by atoms with Crippen LogP contribution in [-0.4, -0.2) is 11.6 Å². The minimum Gasteiger partial charge on any atom is -0.457 e. The van der Waals surface area contributed by atoms with E-state index in [-0.39, 0.29) is 5.76 Å². The highest BCUT2D eigenvalue weighted by Gasteiger charge is 2.21. The SMILES string of the molecule is C=CC(C)(C)OC(=O)c1ccco1. The Morgan fingerprint density at radius 1 is 1.69 bits per heavy atom. The molecule has 0 atom stereocenters. The molecule has 0 saturated heterocycles. The maximum Gasteiger partial charge on any atom is 0.375 e. The van der Waals surface area contributed by atoms with Crippen molar-refractivity contribution in [3.63, 3.8) is 0 Å². The topological polar surface area (TPSA) is 39.4 Å². The van der Waals surface area contributed by atoms with E-state index in [1.807, 2.05) is 0 Å². The van der Waals surface area contributed by atoms with Gasteiger partial charge in [-0.05, 0) is 32.1 Å². The first-order chi connectivity index (χ1) is 6.05. The number of hydrogen-bond donors (Lipinski definition) is 0. The van der Waals surface area contributed by atoms with Crippen molar-refractivity contribution >= 4 is 5.97 Å². The minimum absolute atomic E-state index is 0.204. The molecule has 0 bridgehead atoms. The summed E-state index contributed by atoms with van der Waals surface area (Å²) < 4.78 is 9.96. The maximum atomic E-state index is 11.3. The van der Waals surface area contributed by atoms with E-state index in [0.29, 0.717) is 0 Å². The van der Waals surface area contributed by atoms with Crippen LogP contribution in [0.1, 0.15) is 24.4 Å². The van der Waals surface area contributed by atoms with Crippen LogP contribution in [0.4, 0.5) is 0 Å². The molecule has 0 spiro atoms. The Bertz CT molecular complexity index is 296. The van der Waals surface area contributed by atoms with Crippen molar-refractivity contribution in [3.05, 3.63) is 36.8 Å². The molecular formula is C10H12O3. The highest BCUT2D eigenvalue weighted by atomic mass is 16.6. The van der Waals surface area contributed by atoms with Crippen molar-refractivity contribution in [1.82, 2.24) is 0 Å². The molecule has 1 heterocycles. The number of ether oxygens (including phenoxy) is 1. The molecule has 0 aliphatic carbocycles. The van der Waals surface area contributed by atoms with E-state index in [2.05, 4.69) is 6.58 Å². The monoisotopic (exact) mass is 180 g/mol. The standard InChI is InChI=1S/C10H12O3/c1-4-10(2,3)13-9(11)8-6-5-7-12-8/h4-7H,1H2,2-3H3. The molecule has 70 valence electrons. The average molecular weight is 180 g/mol. The third-order valence-corrected chi connectivity index (χ3v) is 1.57. The fraction of sp³-hybridized carbons (Fsp3) is 0.300. The Labute approximate surface area is 77.0 Å². The lowest BCUT2D eigenvalue weighted by atomic mass is 10.1. The molecular weight excluding hydrogens is 168 g/mol. The van der Waals surface area contributed by atoms with Crippen LogP contribution in [0.3, 0.4) is 0 Å². The summed E-state index contributed by atoms with van der Waals surface area (Å²) in [5.41, 5.74) is -0.663. The van der Waals surface area contributed by atoms with E-state index in [1.165, 1.54) is 6.26 Å². The van der Waals surface area contributed by atoms with E-state index in [1.54, 1.807) is 32.1 Å². The summed E-state index contributed by atoms with van der Waals surface area (Å²) in [6.45, 7) is 7.06. The molecule has 3 nitrogen and oxygen atoms in total. The fourth-order valence-electron chi connectivity index (χ4n) is 0.726. The van der Waals surface area contributed by atoms with Gasteiger partial charge in [-0.3, -0.25) is 0 Å². The van der Waals surface area contributed by atoms with Gasteiger partial charge in [-0.15, -0.1) is 0 Å². The molecule has 0 aliphatic heterocycles. The largest absolute Gasteiger partial charge is 0.457 e. The van der Waals surface area contributed by atoms with Crippen LogP contribution in [0.5, 0.6) is 0 Å². The van der Waals surface area contributed by atoms with Crippen LogP contribution in [0.2, 0.25) is 0 Å². The van der Waals surface area contributed by atoms with Gasteiger partial charge in [0, 0.05) is 0 Å². The third-order valence-electron chi connectivity index (χ3n) is 1.57. The number of furan rings is 1. The second-order valence-corrected chi connectivity index (χ2v) is 3.17. The smallest absolute Gasteiger partial charge is 0.375 e. The third kappa shape index (κ3) is 2.47. The summed E-state index contributed by atoms with van der Waals surface area (Å²) in [4.78, 5) is 11.3. The molecule has 13 heavy (non-hydrogen) atoms. The Morgan fingerprint density at radius 2 is 2.38 bits per heavy atom. The first-order valence-corrected chi connectivity index (χ1v) is 3.95. The lowest BCUT2D eigenvalue weighted by Crippen LogP contribution is -2.24. The molecule has 0 aromatic carbocycles. The zero-order valence-corrected chi connectivity index (χ0v) is 7.74. The summed E-state index contributed by atoms with van der Waals surface area (Å²) in [5, 5.41) is 0. The molecule has 0 amide bonds. The highest BCUT2D eigenvalue weighted by Crippen LogP contribution is 2.13. The second-order valence-electron chi connectivity index (χ2n) is 3.17. The van der Waals surface area contributed by atoms with E-state index >= 15 is 0 Å². The van der Waals surface area contributed by atoms with Gasteiger partial charge in [-0.25, -0.2) is 4.79 Å². The summed E-state index contributed by atoms with van der Waals surface area (Å²) in [5.74, 6) is -0.273. The van der Waals surface area contributed by atoms with Crippen molar-refractivity contribution in [1.29, 1.82) is 0 Å². The minimum atomic E-state index is -0.663. The number of carbonyl (C=O) groups is 1. The summed E-state index contributed by atoms with van der Waals surface area (Å²) in [6, 6.07) is 3.19. The predicted molar refractivity (Wildman–Crippen MR) is 48.4 cm³/mol. The lowest BCUT2D eigenvalue weighted by Gasteiger charge is -2.19. The van der Waals surface area contributed by atoms with E-state index in [9.17, 15) is 4.79 Å². The molecule has 1 aromatic heterocycles. The maximum absolute atomic E-state index is 11.3. The molecule has 0 aliphatic rings. The first-order valence-electron chi connectivity index (χ1n) is 3.95. The molecule has 0 saturated carbocycles. The number of hydrogen-bond acceptors (Lipinski definition) is 3. The zero-order valence-electron chi connectivity index (χ0n) is 7.74. The first kappa shape index (κ1) is 9.58. The van der Waals surface area contributed by atoms with Gasteiger partial charge in [-0.2, -0.15) is 0 Å². The van der Waals surface area contributed by atoms with Crippen molar-refractivity contribution < 1.29 is 13.9 Å². The van der Waals surface area contributed by atoms with Gasteiger partial charge in [-0.1, -0.05) is 6.58 Å². The van der Waals surface area contributed by atoms with Gasteiger partial charge in [0.15, 0.2) is 0 Å². The van der Waals surface area contributed by atoms with Crippen LogP contribution in [-0.2, 0) is 4.74 Å². The Kier molecular flexibility index (Phi) is 2.56. The summed E-state index contributed by atoms with van der Waals surface area (Å²) in [6.07, 6.45) is 2.99. The molecule has 1 aromatic rings. The molecule has 0 fully saturated rings. The molecule has 0 unspecified atom stereocenters. The van der Waals surface area contributed by atoms with Crippen LogP contribution >= 0.6 is 0 Å². The molecule has 1 rings (SSSR count). The molecule has 0 N–H and O–H groups in total. The number of esters is 1. The van der Waals surface area contributed by atoms with Gasteiger partial charge >= 0.3 is 5.97 Å². The Balaban J connectivity index is 2.67. The van der Waals surface area contributed by atoms with E-state index in [4.69, 9.17) is 9.15 Å². The number of carbonyl (C=O) groups excluding carboxylic acids is 1. The fourth-order valence-corrected chi connectivity index (χ4v) is 0.726. The predicted octanol–water partition coefficient (Wildman–Crippen LogP) is 2.40. The van der Waals surface area contributed by atoms with Gasteiger partial charge in [0.2, 0.25) is 5.76 Å². The van der Waals surface area contributed by atoms with Crippen molar-refractivity contribution in [2.45, 2.75) is 19.4 Å². The second kappa shape index (κ2) is 3.47. The van der Waals surface area contributed by atoms with Crippen molar-refractivity contribution in [2.75, 3.05) is 0 Å². The van der Waals surface area contributed by atoms with Crippen molar-refractivity contribution in [2.24, 2.45) is 0 Å². The van der Waals surface area contributed by atoms with Crippen LogP contribution < -0.4 is 0 Å². The molecule has 3 heteroatoms. The van der Waals surface area contributed by atoms with E-state index < -0.39 is 11.6 Å². The van der Waals surface area contributed by atoms with Gasteiger partial charge in [0.25, 0.3) is 0 Å².